The zero-order chi connectivity index (χ0) is 23.7. The van der Waals surface area contributed by atoms with Crippen LogP contribution in [-0.4, -0.2) is 42.7 Å². The van der Waals surface area contributed by atoms with E-state index < -0.39 is 5.91 Å². The van der Waals surface area contributed by atoms with Gasteiger partial charge in [-0.25, -0.2) is 9.97 Å². The molecular weight excluding hydrogens is 430 g/mol. The highest BCUT2D eigenvalue weighted by molar-refractivity contribution is 5.92. The van der Waals surface area contributed by atoms with Crippen molar-refractivity contribution in [2.75, 3.05) is 7.05 Å². The van der Waals surface area contributed by atoms with Gasteiger partial charge < -0.3 is 9.72 Å². The first-order valence-corrected chi connectivity index (χ1v) is 11.4. The Balaban J connectivity index is 1.32. The summed E-state index contributed by atoms with van der Waals surface area (Å²) in [6.45, 7) is 0.204. The lowest BCUT2D eigenvalue weighted by atomic mass is 9.89. The number of hydrogen-bond donors (Lipinski definition) is 1. The first-order chi connectivity index (χ1) is 16.5. The van der Waals surface area contributed by atoms with Crippen molar-refractivity contribution in [3.05, 3.63) is 82.3 Å². The quantitative estimate of drug-likeness (QED) is 0.459. The molecule has 9 nitrogen and oxygen atoms in total. The molecule has 172 valence electrons. The number of amides is 1. The number of fused-ring (bicyclic) bond motifs is 2. The number of aromatic nitrogens is 4. The zero-order valence-electron chi connectivity index (χ0n) is 18.9. The minimum atomic E-state index is -0.433. The molecule has 1 amide bonds. The predicted octanol–water partition coefficient (Wildman–Crippen LogP) is 2.71. The SMILES string of the molecule is CN(C1CCC1)C(CC#N)c1ccc2nc(CNC(=O)c3cc(=O)n4ccccc4n3)cn2c1. The number of hydrogen-bond acceptors (Lipinski definition) is 6. The summed E-state index contributed by atoms with van der Waals surface area (Å²) in [5.74, 6) is -0.433. The summed E-state index contributed by atoms with van der Waals surface area (Å²) < 4.78 is 3.31. The first-order valence-electron chi connectivity index (χ1n) is 11.4. The van der Waals surface area contributed by atoms with Crippen molar-refractivity contribution < 1.29 is 4.79 Å². The van der Waals surface area contributed by atoms with E-state index >= 15 is 0 Å². The molecule has 5 rings (SSSR count). The second-order valence-electron chi connectivity index (χ2n) is 8.68. The number of nitriles is 1. The van der Waals surface area contributed by atoms with Crippen LogP contribution in [0, 0.1) is 11.3 Å². The van der Waals surface area contributed by atoms with Gasteiger partial charge in [0.05, 0.1) is 24.7 Å². The average Bonchev–Trinajstić information content (AvgIpc) is 3.22. The van der Waals surface area contributed by atoms with Crippen LogP contribution in [-0.2, 0) is 6.54 Å². The smallest absolute Gasteiger partial charge is 0.270 e. The van der Waals surface area contributed by atoms with Crippen LogP contribution in [0.2, 0.25) is 0 Å². The molecule has 1 unspecified atom stereocenters. The van der Waals surface area contributed by atoms with Crippen molar-refractivity contribution in [1.29, 1.82) is 5.26 Å². The highest BCUT2D eigenvalue weighted by atomic mass is 16.2. The van der Waals surface area contributed by atoms with Gasteiger partial charge in [-0.1, -0.05) is 18.6 Å². The molecule has 4 aromatic heterocycles. The number of imidazole rings is 1. The Morgan fingerprint density at radius 2 is 2.09 bits per heavy atom. The molecule has 1 atom stereocenters. The van der Waals surface area contributed by atoms with Crippen LogP contribution in [0.5, 0.6) is 0 Å². The summed E-state index contributed by atoms with van der Waals surface area (Å²) >= 11 is 0. The van der Waals surface area contributed by atoms with Crippen LogP contribution in [0.1, 0.15) is 53.5 Å². The maximum atomic E-state index is 12.6. The topological polar surface area (TPSA) is 108 Å². The van der Waals surface area contributed by atoms with Crippen LogP contribution in [0.15, 0.2) is 59.8 Å². The zero-order valence-corrected chi connectivity index (χ0v) is 18.9. The highest BCUT2D eigenvalue weighted by Crippen LogP contribution is 2.32. The van der Waals surface area contributed by atoms with Gasteiger partial charge >= 0.3 is 0 Å². The number of carbonyl (C=O) groups is 1. The molecule has 1 aliphatic carbocycles. The van der Waals surface area contributed by atoms with Gasteiger partial charge in [0.25, 0.3) is 11.5 Å². The normalized spacial score (nSPS) is 14.7. The molecular formula is C25H25N7O2. The van der Waals surface area contributed by atoms with Gasteiger partial charge in [-0.15, -0.1) is 0 Å². The number of carbonyl (C=O) groups excluding carboxylic acids is 1. The Bertz CT molecular complexity index is 1460. The van der Waals surface area contributed by atoms with Gasteiger partial charge in [0.1, 0.15) is 17.0 Å². The Morgan fingerprint density at radius 3 is 2.85 bits per heavy atom. The minimum absolute atomic E-state index is 0.0309. The molecule has 0 bridgehead atoms. The summed E-state index contributed by atoms with van der Waals surface area (Å²) in [7, 11) is 2.09. The fourth-order valence-electron chi connectivity index (χ4n) is 4.41. The van der Waals surface area contributed by atoms with Gasteiger partial charge in [0, 0.05) is 36.7 Å². The highest BCUT2D eigenvalue weighted by Gasteiger charge is 2.28. The molecule has 0 radical (unpaired) electrons. The molecule has 0 aliphatic heterocycles. The predicted molar refractivity (Wildman–Crippen MR) is 126 cm³/mol. The molecule has 4 aromatic rings. The Labute approximate surface area is 196 Å². The monoisotopic (exact) mass is 455 g/mol. The Hall–Kier alpha value is -4.03. The van der Waals surface area contributed by atoms with Crippen LogP contribution >= 0.6 is 0 Å². The van der Waals surface area contributed by atoms with Gasteiger partial charge in [0.15, 0.2) is 0 Å². The Morgan fingerprint density at radius 1 is 1.24 bits per heavy atom. The lowest BCUT2D eigenvalue weighted by Gasteiger charge is -2.39. The molecule has 1 N–H and O–H groups in total. The number of nitrogens with zero attached hydrogens (tertiary/aromatic N) is 6. The molecule has 34 heavy (non-hydrogen) atoms. The lowest BCUT2D eigenvalue weighted by Crippen LogP contribution is -2.39. The number of nitrogens with one attached hydrogen (secondary N) is 1. The summed E-state index contributed by atoms with van der Waals surface area (Å²) in [5.41, 5.74) is 2.69. The fourth-order valence-corrected chi connectivity index (χ4v) is 4.41. The lowest BCUT2D eigenvalue weighted by molar-refractivity contribution is 0.0945. The van der Waals surface area contributed by atoms with Crippen molar-refractivity contribution in [1.82, 2.24) is 29.0 Å². The van der Waals surface area contributed by atoms with Gasteiger partial charge in [-0.3, -0.25) is 18.9 Å². The molecule has 0 aromatic carbocycles. The molecule has 0 saturated heterocycles. The van der Waals surface area contributed by atoms with Crippen LogP contribution < -0.4 is 10.9 Å². The van der Waals surface area contributed by atoms with E-state index in [4.69, 9.17) is 0 Å². The standard InChI is InChI=1S/C25H25N7O2/c1-30(19-5-4-6-19)21(10-11-26)17-8-9-22-28-18(16-31(22)15-17)14-27-25(34)20-13-24(33)32-12-3-2-7-23(32)29-20/h2-3,7-9,12-13,15-16,19,21H,4-6,10,14H2,1H3,(H,27,34). The van der Waals surface area contributed by atoms with Gasteiger partial charge in [-0.2, -0.15) is 5.26 Å². The largest absolute Gasteiger partial charge is 0.345 e. The third-order valence-electron chi connectivity index (χ3n) is 6.57. The summed E-state index contributed by atoms with van der Waals surface area (Å²) in [6.07, 6.45) is 9.51. The van der Waals surface area contributed by atoms with E-state index in [1.54, 1.807) is 24.4 Å². The summed E-state index contributed by atoms with van der Waals surface area (Å²) in [4.78, 5) is 36.0. The van der Waals surface area contributed by atoms with Crippen LogP contribution in [0.25, 0.3) is 11.3 Å². The maximum absolute atomic E-state index is 12.6. The molecule has 1 fully saturated rings. The van der Waals surface area contributed by atoms with E-state index in [1.165, 1.54) is 29.7 Å². The molecule has 1 saturated carbocycles. The average molecular weight is 456 g/mol. The van der Waals surface area contributed by atoms with Gasteiger partial charge in [-0.05, 0) is 43.7 Å². The van der Waals surface area contributed by atoms with E-state index in [0.29, 0.717) is 23.8 Å². The van der Waals surface area contributed by atoms with E-state index in [0.717, 1.165) is 11.2 Å². The molecule has 1 aliphatic rings. The van der Waals surface area contributed by atoms with E-state index in [9.17, 15) is 14.9 Å². The van der Waals surface area contributed by atoms with Gasteiger partial charge in [0.2, 0.25) is 0 Å². The minimum Gasteiger partial charge on any atom is -0.345 e. The third kappa shape index (κ3) is 4.16. The first kappa shape index (κ1) is 21.8. The van der Waals surface area contributed by atoms with Crippen molar-refractivity contribution in [2.24, 2.45) is 0 Å². The molecule has 4 heterocycles. The van der Waals surface area contributed by atoms with E-state index in [2.05, 4.69) is 33.3 Å². The third-order valence-corrected chi connectivity index (χ3v) is 6.57. The molecule has 0 spiro atoms. The number of pyridine rings is 2. The van der Waals surface area contributed by atoms with Crippen molar-refractivity contribution in [2.45, 2.75) is 44.3 Å². The van der Waals surface area contributed by atoms with Crippen molar-refractivity contribution in [3.63, 3.8) is 0 Å². The van der Waals surface area contributed by atoms with E-state index in [-0.39, 0.29) is 23.8 Å². The van der Waals surface area contributed by atoms with Crippen molar-refractivity contribution >= 4 is 17.2 Å². The second-order valence-corrected chi connectivity index (χ2v) is 8.68. The fraction of sp³-hybridized carbons (Fsp3) is 0.320. The van der Waals surface area contributed by atoms with Crippen LogP contribution in [0.3, 0.4) is 0 Å². The second kappa shape index (κ2) is 9.08. The van der Waals surface area contributed by atoms with E-state index in [1.807, 2.05) is 28.9 Å². The van der Waals surface area contributed by atoms with Crippen molar-refractivity contribution in [3.8, 4) is 6.07 Å². The summed E-state index contributed by atoms with van der Waals surface area (Å²) in [5, 5.41) is 12.2. The Kier molecular flexibility index (Phi) is 5.82. The number of rotatable bonds is 7. The van der Waals surface area contributed by atoms with Crippen LogP contribution in [0.4, 0.5) is 0 Å². The maximum Gasteiger partial charge on any atom is 0.270 e. The summed E-state index contributed by atoms with van der Waals surface area (Å²) in [6, 6.07) is 13.2. The molecule has 9 heteroatoms.